The number of para-hydroxylation sites is 1. The Kier molecular flexibility index (Phi) is 2.48. The molecular weight excluding hydrogens is 206 g/mol. The van der Waals surface area contributed by atoms with Gasteiger partial charge in [-0.15, -0.1) is 0 Å². The van der Waals surface area contributed by atoms with Crippen LogP contribution in [0.3, 0.4) is 0 Å². The predicted molar refractivity (Wildman–Crippen MR) is 62.0 cm³/mol. The first-order chi connectivity index (χ1) is 7.65. The van der Waals surface area contributed by atoms with Crippen LogP contribution in [-0.4, -0.2) is 12.8 Å². The Morgan fingerprint density at radius 2 is 2.00 bits per heavy atom. The number of hydrogen-bond donors (Lipinski definition) is 1. The minimum absolute atomic E-state index is 0.0706. The van der Waals surface area contributed by atoms with Gasteiger partial charge < -0.3 is 9.73 Å². The number of carbonyl (C=O) groups is 1. The van der Waals surface area contributed by atoms with Crippen molar-refractivity contribution in [2.24, 2.45) is 0 Å². The van der Waals surface area contributed by atoms with Crippen LogP contribution in [0.25, 0.3) is 11.0 Å². The van der Waals surface area contributed by atoms with Crippen LogP contribution < -0.4 is 10.9 Å². The molecule has 0 aliphatic rings. The summed E-state index contributed by atoms with van der Waals surface area (Å²) in [4.78, 5) is 23.0. The lowest BCUT2D eigenvalue weighted by Crippen LogP contribution is -2.15. The SMILES string of the molecule is CNc1c(C(C)=O)c(=O)oc2ccccc12. The lowest BCUT2D eigenvalue weighted by Gasteiger charge is -2.08. The monoisotopic (exact) mass is 217 g/mol. The standard InChI is InChI=1S/C12H11NO3/c1-7(14)10-11(13-2)8-5-3-4-6-9(8)16-12(10)15/h3-6,13H,1-2H3. The summed E-state index contributed by atoms with van der Waals surface area (Å²) in [5.41, 5.74) is 0.470. The van der Waals surface area contributed by atoms with E-state index in [1.54, 1.807) is 25.2 Å². The molecule has 0 radical (unpaired) electrons. The fourth-order valence-corrected chi connectivity index (χ4v) is 1.73. The lowest BCUT2D eigenvalue weighted by molar-refractivity contribution is 0.101. The molecule has 0 unspecified atom stereocenters. The zero-order chi connectivity index (χ0) is 11.7. The van der Waals surface area contributed by atoms with Crippen molar-refractivity contribution < 1.29 is 9.21 Å². The average molecular weight is 217 g/mol. The highest BCUT2D eigenvalue weighted by Crippen LogP contribution is 2.24. The highest BCUT2D eigenvalue weighted by molar-refractivity contribution is 6.06. The first-order valence-electron chi connectivity index (χ1n) is 4.89. The molecular formula is C12H11NO3. The summed E-state index contributed by atoms with van der Waals surface area (Å²) in [5.74, 6) is -0.302. The Morgan fingerprint density at radius 1 is 1.31 bits per heavy atom. The first-order valence-corrected chi connectivity index (χ1v) is 4.89. The second kappa shape index (κ2) is 3.81. The topological polar surface area (TPSA) is 59.3 Å². The maximum Gasteiger partial charge on any atom is 0.349 e. The normalized spacial score (nSPS) is 10.4. The van der Waals surface area contributed by atoms with Gasteiger partial charge in [0.25, 0.3) is 0 Å². The van der Waals surface area contributed by atoms with Crippen LogP contribution in [-0.2, 0) is 0 Å². The summed E-state index contributed by atoms with van der Waals surface area (Å²) in [5, 5.41) is 3.61. The minimum Gasteiger partial charge on any atom is -0.422 e. The number of rotatable bonds is 2. The molecule has 2 rings (SSSR count). The molecule has 0 aliphatic carbocycles. The molecule has 0 atom stereocenters. The number of fused-ring (bicyclic) bond motifs is 1. The minimum atomic E-state index is -0.601. The van der Waals surface area contributed by atoms with Crippen molar-refractivity contribution in [2.75, 3.05) is 12.4 Å². The Labute approximate surface area is 91.9 Å². The Hall–Kier alpha value is -2.10. The number of carbonyl (C=O) groups excluding carboxylic acids is 1. The summed E-state index contributed by atoms with van der Waals surface area (Å²) in [6, 6.07) is 7.10. The number of Topliss-reactive ketones (excluding diaryl/α,β-unsaturated/α-hetero) is 1. The summed E-state index contributed by atoms with van der Waals surface area (Å²) in [7, 11) is 1.67. The molecule has 16 heavy (non-hydrogen) atoms. The van der Waals surface area contributed by atoms with Crippen LogP contribution in [0.2, 0.25) is 0 Å². The third-order valence-electron chi connectivity index (χ3n) is 2.42. The van der Waals surface area contributed by atoms with E-state index in [0.717, 1.165) is 5.39 Å². The molecule has 1 aromatic heterocycles. The predicted octanol–water partition coefficient (Wildman–Crippen LogP) is 2.04. The molecule has 0 saturated carbocycles. The lowest BCUT2D eigenvalue weighted by atomic mass is 10.1. The molecule has 2 aromatic rings. The molecule has 0 fully saturated rings. The van der Waals surface area contributed by atoms with E-state index in [9.17, 15) is 9.59 Å². The molecule has 1 N–H and O–H groups in total. The third-order valence-corrected chi connectivity index (χ3v) is 2.42. The van der Waals surface area contributed by atoms with Crippen LogP contribution in [0, 0.1) is 0 Å². The van der Waals surface area contributed by atoms with Crippen molar-refractivity contribution in [3.63, 3.8) is 0 Å². The van der Waals surface area contributed by atoms with Crippen molar-refractivity contribution in [3.05, 3.63) is 40.2 Å². The molecule has 1 aromatic carbocycles. The fraction of sp³-hybridized carbons (Fsp3) is 0.167. The van der Waals surface area contributed by atoms with E-state index in [1.807, 2.05) is 6.07 Å². The van der Waals surface area contributed by atoms with Crippen LogP contribution in [0.15, 0.2) is 33.5 Å². The maximum absolute atomic E-state index is 11.6. The molecule has 4 nitrogen and oxygen atoms in total. The highest BCUT2D eigenvalue weighted by atomic mass is 16.4. The zero-order valence-electron chi connectivity index (χ0n) is 9.03. The van der Waals surface area contributed by atoms with Gasteiger partial charge in [0, 0.05) is 12.4 Å². The maximum atomic E-state index is 11.6. The quantitative estimate of drug-likeness (QED) is 0.617. The molecule has 0 spiro atoms. The van der Waals surface area contributed by atoms with Gasteiger partial charge in [-0.25, -0.2) is 4.79 Å². The van der Waals surface area contributed by atoms with Crippen molar-refractivity contribution >= 4 is 22.4 Å². The van der Waals surface area contributed by atoms with Crippen molar-refractivity contribution in [1.82, 2.24) is 0 Å². The Balaban J connectivity index is 2.96. The third kappa shape index (κ3) is 1.48. The molecule has 82 valence electrons. The summed E-state index contributed by atoms with van der Waals surface area (Å²) >= 11 is 0. The van der Waals surface area contributed by atoms with E-state index in [0.29, 0.717) is 11.3 Å². The van der Waals surface area contributed by atoms with Gasteiger partial charge in [-0.05, 0) is 19.1 Å². The van der Waals surface area contributed by atoms with Crippen molar-refractivity contribution in [2.45, 2.75) is 6.92 Å². The second-order valence-electron chi connectivity index (χ2n) is 3.44. The molecule has 0 saturated heterocycles. The average Bonchev–Trinajstić information content (AvgIpc) is 2.26. The van der Waals surface area contributed by atoms with Gasteiger partial charge in [-0.2, -0.15) is 0 Å². The Bertz CT molecular complexity index is 613. The Morgan fingerprint density at radius 3 is 2.62 bits per heavy atom. The van der Waals surface area contributed by atoms with E-state index in [4.69, 9.17) is 4.42 Å². The van der Waals surface area contributed by atoms with Crippen molar-refractivity contribution in [1.29, 1.82) is 0 Å². The molecule has 0 aliphatic heterocycles. The van der Waals surface area contributed by atoms with Gasteiger partial charge in [0.15, 0.2) is 5.78 Å². The van der Waals surface area contributed by atoms with Gasteiger partial charge in [-0.1, -0.05) is 12.1 Å². The number of benzene rings is 1. The summed E-state index contributed by atoms with van der Waals surface area (Å²) in [6.07, 6.45) is 0. The fourth-order valence-electron chi connectivity index (χ4n) is 1.73. The molecule has 0 bridgehead atoms. The van der Waals surface area contributed by atoms with Gasteiger partial charge in [0.05, 0.1) is 5.69 Å². The highest BCUT2D eigenvalue weighted by Gasteiger charge is 2.16. The van der Waals surface area contributed by atoms with Crippen LogP contribution in [0.4, 0.5) is 5.69 Å². The van der Waals surface area contributed by atoms with Crippen LogP contribution >= 0.6 is 0 Å². The number of nitrogens with one attached hydrogen (secondary N) is 1. The van der Waals surface area contributed by atoms with E-state index >= 15 is 0 Å². The number of hydrogen-bond acceptors (Lipinski definition) is 4. The van der Waals surface area contributed by atoms with E-state index in [1.165, 1.54) is 6.92 Å². The van der Waals surface area contributed by atoms with Gasteiger partial charge >= 0.3 is 5.63 Å². The zero-order valence-corrected chi connectivity index (χ0v) is 9.03. The van der Waals surface area contributed by atoms with E-state index < -0.39 is 5.63 Å². The summed E-state index contributed by atoms with van der Waals surface area (Å²) < 4.78 is 5.08. The van der Waals surface area contributed by atoms with Gasteiger partial charge in [-0.3, -0.25) is 4.79 Å². The number of ketones is 1. The van der Waals surface area contributed by atoms with Crippen molar-refractivity contribution in [3.8, 4) is 0 Å². The molecule has 4 heteroatoms. The number of anilines is 1. The molecule has 0 amide bonds. The van der Waals surface area contributed by atoms with E-state index in [-0.39, 0.29) is 11.3 Å². The summed E-state index contributed by atoms with van der Waals surface area (Å²) in [6.45, 7) is 1.35. The second-order valence-corrected chi connectivity index (χ2v) is 3.44. The largest absolute Gasteiger partial charge is 0.422 e. The van der Waals surface area contributed by atoms with Crippen LogP contribution in [0.1, 0.15) is 17.3 Å². The molecule has 1 heterocycles. The first kappa shape index (κ1) is 10.4. The van der Waals surface area contributed by atoms with Crippen LogP contribution in [0.5, 0.6) is 0 Å². The van der Waals surface area contributed by atoms with Gasteiger partial charge in [0.2, 0.25) is 0 Å². The van der Waals surface area contributed by atoms with Gasteiger partial charge in [0.1, 0.15) is 11.1 Å². The smallest absolute Gasteiger partial charge is 0.349 e. The van der Waals surface area contributed by atoms with E-state index in [2.05, 4.69) is 5.32 Å².